The normalized spacial score (nSPS) is 15.6. The van der Waals surface area contributed by atoms with E-state index in [1.165, 1.54) is 45.6 Å². The number of benzene rings is 2. The van der Waals surface area contributed by atoms with Crippen molar-refractivity contribution < 1.29 is 18.6 Å². The zero-order valence-corrected chi connectivity index (χ0v) is 21.5. The molecule has 9 nitrogen and oxygen atoms in total. The zero-order valence-electron chi connectivity index (χ0n) is 20.7. The maximum atomic E-state index is 15.0. The SMILES string of the molecule is CC(n1cnc2cc(-c3ccc(C4=NCCO4)cc3)sc2c1=O)C(O)(Cn1cncn1)c1ccc(F)cc1F. The number of nitrogens with zero attached hydrogens (tertiary/aromatic N) is 6. The molecule has 0 aliphatic carbocycles. The molecule has 2 atom stereocenters. The highest BCUT2D eigenvalue weighted by atomic mass is 32.1. The van der Waals surface area contributed by atoms with Crippen molar-refractivity contribution in [2.75, 3.05) is 13.2 Å². The summed E-state index contributed by atoms with van der Waals surface area (Å²) in [6.07, 6.45) is 3.98. The van der Waals surface area contributed by atoms with Crippen LogP contribution in [0.4, 0.5) is 8.78 Å². The first-order chi connectivity index (χ1) is 18.8. The first kappa shape index (κ1) is 25.0. The second-order valence-electron chi connectivity index (χ2n) is 9.21. The molecule has 39 heavy (non-hydrogen) atoms. The molecule has 0 radical (unpaired) electrons. The van der Waals surface area contributed by atoms with E-state index in [-0.39, 0.29) is 12.1 Å². The van der Waals surface area contributed by atoms with Gasteiger partial charge in [-0.05, 0) is 36.8 Å². The molecule has 12 heteroatoms. The van der Waals surface area contributed by atoms with Crippen molar-refractivity contribution in [2.45, 2.75) is 25.1 Å². The van der Waals surface area contributed by atoms with Crippen LogP contribution in [0.1, 0.15) is 24.1 Å². The van der Waals surface area contributed by atoms with E-state index in [9.17, 15) is 18.7 Å². The molecule has 0 spiro atoms. The van der Waals surface area contributed by atoms with Crippen LogP contribution < -0.4 is 5.56 Å². The molecule has 2 unspecified atom stereocenters. The second-order valence-corrected chi connectivity index (χ2v) is 10.3. The van der Waals surface area contributed by atoms with Crippen molar-refractivity contribution in [3.8, 4) is 10.4 Å². The minimum Gasteiger partial charge on any atom is -0.476 e. The van der Waals surface area contributed by atoms with Crippen LogP contribution in [0.2, 0.25) is 0 Å². The molecule has 0 bridgehead atoms. The van der Waals surface area contributed by atoms with Crippen LogP contribution in [-0.4, -0.2) is 48.5 Å². The van der Waals surface area contributed by atoms with E-state index in [1.807, 2.05) is 30.3 Å². The van der Waals surface area contributed by atoms with E-state index < -0.39 is 28.8 Å². The van der Waals surface area contributed by atoms with Crippen LogP contribution >= 0.6 is 11.3 Å². The fourth-order valence-corrected chi connectivity index (χ4v) is 5.76. The first-order valence-corrected chi connectivity index (χ1v) is 12.9. The Morgan fingerprint density at radius 1 is 1.13 bits per heavy atom. The fourth-order valence-electron chi connectivity index (χ4n) is 4.70. The lowest BCUT2D eigenvalue weighted by Crippen LogP contribution is -2.43. The maximum absolute atomic E-state index is 15.0. The van der Waals surface area contributed by atoms with Gasteiger partial charge in [0.2, 0.25) is 5.90 Å². The summed E-state index contributed by atoms with van der Waals surface area (Å²) in [5.41, 5.74) is -0.285. The van der Waals surface area contributed by atoms with Crippen molar-refractivity contribution >= 4 is 27.5 Å². The van der Waals surface area contributed by atoms with E-state index in [0.717, 1.165) is 22.1 Å². The number of hydrogen-bond donors (Lipinski definition) is 1. The van der Waals surface area contributed by atoms with Crippen LogP contribution in [0, 0.1) is 11.6 Å². The minimum absolute atomic E-state index is 0.179. The number of aromatic nitrogens is 5. The number of hydrogen-bond acceptors (Lipinski definition) is 8. The highest BCUT2D eigenvalue weighted by molar-refractivity contribution is 7.22. The predicted octanol–water partition coefficient (Wildman–Crippen LogP) is 3.92. The summed E-state index contributed by atoms with van der Waals surface area (Å²) < 4.78 is 37.1. The Balaban J connectivity index is 1.39. The number of ether oxygens (including phenoxy) is 1. The summed E-state index contributed by atoms with van der Waals surface area (Å²) in [6, 6.07) is 11.4. The highest BCUT2D eigenvalue weighted by Gasteiger charge is 2.41. The first-order valence-electron chi connectivity index (χ1n) is 12.1. The van der Waals surface area contributed by atoms with Gasteiger partial charge in [-0.2, -0.15) is 5.10 Å². The quantitative estimate of drug-likeness (QED) is 0.330. The summed E-state index contributed by atoms with van der Waals surface area (Å²) in [4.78, 5) is 27.2. The summed E-state index contributed by atoms with van der Waals surface area (Å²) in [5, 5.41) is 15.9. The van der Waals surface area contributed by atoms with Gasteiger partial charge in [-0.25, -0.2) is 28.4 Å². The van der Waals surface area contributed by atoms with Crippen molar-refractivity contribution in [3.05, 3.63) is 101 Å². The van der Waals surface area contributed by atoms with Gasteiger partial charge in [-0.15, -0.1) is 11.3 Å². The van der Waals surface area contributed by atoms with Crippen LogP contribution in [0.5, 0.6) is 0 Å². The predicted molar refractivity (Wildman–Crippen MR) is 142 cm³/mol. The third kappa shape index (κ3) is 4.51. The van der Waals surface area contributed by atoms with E-state index in [4.69, 9.17) is 4.74 Å². The van der Waals surface area contributed by atoms with Crippen LogP contribution in [0.25, 0.3) is 20.7 Å². The smallest absolute Gasteiger partial charge is 0.271 e. The van der Waals surface area contributed by atoms with Crippen molar-refractivity contribution in [1.29, 1.82) is 0 Å². The van der Waals surface area contributed by atoms with Gasteiger partial charge in [-0.3, -0.25) is 9.36 Å². The molecule has 1 aliphatic heterocycles. The molecular formula is C27H22F2N6O3S. The molecule has 0 saturated heterocycles. The van der Waals surface area contributed by atoms with Crippen molar-refractivity contribution in [1.82, 2.24) is 24.3 Å². The van der Waals surface area contributed by atoms with Crippen LogP contribution in [-0.2, 0) is 16.9 Å². The number of fused-ring (bicyclic) bond motifs is 1. The highest BCUT2D eigenvalue weighted by Crippen LogP contribution is 2.37. The monoisotopic (exact) mass is 548 g/mol. The summed E-state index contributed by atoms with van der Waals surface area (Å²) in [5.74, 6) is -1.11. The molecule has 0 amide bonds. The lowest BCUT2D eigenvalue weighted by Gasteiger charge is -2.35. The van der Waals surface area contributed by atoms with Gasteiger partial charge in [-0.1, -0.05) is 18.2 Å². The standard InChI is InChI=1S/C27H22F2N6O3S/c1-16(27(37,12-34-14-30-13-33-34)20-7-6-19(28)10-21(20)29)35-15-32-22-11-23(39-24(22)26(35)36)17-2-4-18(5-3-17)25-31-8-9-38-25/h2-7,10-11,13-16,37H,8-9,12H2,1H3. The van der Waals surface area contributed by atoms with E-state index in [1.54, 1.807) is 6.92 Å². The van der Waals surface area contributed by atoms with Gasteiger partial charge >= 0.3 is 0 Å². The molecule has 3 aromatic heterocycles. The topological polar surface area (TPSA) is 107 Å². The molecule has 2 aromatic carbocycles. The number of thiophene rings is 1. The Hall–Kier alpha value is -4.29. The Bertz CT molecular complexity index is 1750. The molecule has 5 aromatic rings. The molecule has 6 rings (SSSR count). The molecule has 1 N–H and O–H groups in total. The van der Waals surface area contributed by atoms with E-state index in [2.05, 4.69) is 20.1 Å². The van der Waals surface area contributed by atoms with Gasteiger partial charge < -0.3 is 9.84 Å². The second kappa shape index (κ2) is 9.79. The van der Waals surface area contributed by atoms with Crippen LogP contribution in [0.3, 0.4) is 0 Å². The summed E-state index contributed by atoms with van der Waals surface area (Å²) >= 11 is 1.27. The lowest BCUT2D eigenvalue weighted by molar-refractivity contribution is -0.0343. The van der Waals surface area contributed by atoms with Crippen molar-refractivity contribution in [2.24, 2.45) is 4.99 Å². The van der Waals surface area contributed by atoms with E-state index in [0.29, 0.717) is 35.3 Å². The molecular weight excluding hydrogens is 526 g/mol. The number of rotatable bonds is 7. The molecule has 198 valence electrons. The van der Waals surface area contributed by atoms with Gasteiger partial charge in [0.25, 0.3) is 5.56 Å². The van der Waals surface area contributed by atoms with Gasteiger partial charge in [0, 0.05) is 22.1 Å². The van der Waals surface area contributed by atoms with E-state index >= 15 is 0 Å². The van der Waals surface area contributed by atoms with Gasteiger partial charge in [0.15, 0.2) is 0 Å². The largest absolute Gasteiger partial charge is 0.476 e. The maximum Gasteiger partial charge on any atom is 0.271 e. The third-order valence-corrected chi connectivity index (χ3v) is 8.00. The summed E-state index contributed by atoms with van der Waals surface area (Å²) in [7, 11) is 0. The zero-order chi connectivity index (χ0) is 27.1. The Kier molecular flexibility index (Phi) is 6.28. The Morgan fingerprint density at radius 3 is 2.62 bits per heavy atom. The fraction of sp³-hybridized carbons (Fsp3) is 0.222. The van der Waals surface area contributed by atoms with Crippen LogP contribution in [0.15, 0.2) is 77.3 Å². The van der Waals surface area contributed by atoms with Gasteiger partial charge in [0.1, 0.15) is 41.2 Å². The minimum atomic E-state index is -1.99. The average molecular weight is 549 g/mol. The number of aliphatic imine (C=N–C) groups is 1. The lowest BCUT2D eigenvalue weighted by atomic mass is 9.86. The third-order valence-electron chi connectivity index (χ3n) is 6.84. The number of halogens is 2. The molecule has 4 heterocycles. The average Bonchev–Trinajstić information content (AvgIpc) is 3.71. The van der Waals surface area contributed by atoms with Gasteiger partial charge in [0.05, 0.1) is 31.0 Å². The molecule has 1 aliphatic rings. The molecule has 0 fully saturated rings. The Morgan fingerprint density at radius 2 is 1.92 bits per heavy atom. The molecule has 0 saturated carbocycles. The number of aliphatic hydroxyl groups is 1. The summed E-state index contributed by atoms with van der Waals surface area (Å²) in [6.45, 7) is 2.56. The Labute approximate surface area is 224 Å². The van der Waals surface area contributed by atoms with Crippen molar-refractivity contribution in [3.63, 3.8) is 0 Å².